The van der Waals surface area contributed by atoms with E-state index in [9.17, 15) is 4.79 Å². The summed E-state index contributed by atoms with van der Waals surface area (Å²) in [4.78, 5) is 11.5. The Kier molecular flexibility index (Phi) is 4.77. The van der Waals surface area contributed by atoms with Crippen molar-refractivity contribution in [1.29, 1.82) is 0 Å². The van der Waals surface area contributed by atoms with Crippen LogP contribution in [0.5, 0.6) is 5.75 Å². The number of benzene rings is 1. The van der Waals surface area contributed by atoms with Crippen LogP contribution >= 0.6 is 0 Å². The van der Waals surface area contributed by atoms with Crippen LogP contribution in [0.25, 0.3) is 6.08 Å². The van der Waals surface area contributed by atoms with Crippen LogP contribution in [0.1, 0.15) is 32.8 Å². The minimum atomic E-state index is -0.165. The van der Waals surface area contributed by atoms with Crippen LogP contribution < -0.4 is 4.74 Å². The highest BCUT2D eigenvalue weighted by molar-refractivity contribution is 5.74. The third kappa shape index (κ3) is 3.54. The summed E-state index contributed by atoms with van der Waals surface area (Å²) in [6, 6.07) is 7.49. The van der Waals surface area contributed by atoms with Crippen LogP contribution in [0.3, 0.4) is 0 Å². The Morgan fingerprint density at radius 1 is 1.38 bits per heavy atom. The van der Waals surface area contributed by atoms with E-state index in [1.807, 2.05) is 57.2 Å². The molecule has 0 unspecified atom stereocenters. The molecule has 0 aliphatic heterocycles. The molecule has 0 heterocycles. The van der Waals surface area contributed by atoms with Crippen molar-refractivity contribution in [3.8, 4) is 5.75 Å². The molecule has 1 rings (SSSR count). The number of hydrogen-bond acceptors (Lipinski definition) is 2. The van der Waals surface area contributed by atoms with E-state index in [0.29, 0.717) is 5.75 Å². The van der Waals surface area contributed by atoms with E-state index >= 15 is 0 Å². The summed E-state index contributed by atoms with van der Waals surface area (Å²) in [5, 5.41) is 0. The first kappa shape index (κ1) is 12.5. The molecular weight excluding hydrogens is 200 g/mol. The molecule has 0 saturated heterocycles. The third-order valence-corrected chi connectivity index (χ3v) is 2.47. The van der Waals surface area contributed by atoms with Gasteiger partial charge >= 0.3 is 5.97 Å². The monoisotopic (exact) mass is 218 g/mol. The van der Waals surface area contributed by atoms with Gasteiger partial charge in [-0.15, -0.1) is 0 Å². The molecule has 1 atom stereocenters. The van der Waals surface area contributed by atoms with Gasteiger partial charge in [-0.3, -0.25) is 4.79 Å². The SMILES string of the molecule is CC=Cc1ccc(OC(=O)[C@H](C)CC)cc1. The van der Waals surface area contributed by atoms with Crippen LogP contribution in [-0.2, 0) is 4.79 Å². The number of allylic oxidation sites excluding steroid dienone is 1. The molecule has 0 saturated carbocycles. The summed E-state index contributed by atoms with van der Waals surface area (Å²) < 4.78 is 5.24. The molecule has 0 fully saturated rings. The van der Waals surface area contributed by atoms with Gasteiger partial charge in [-0.2, -0.15) is 0 Å². The fraction of sp³-hybridized carbons (Fsp3) is 0.357. The van der Waals surface area contributed by atoms with E-state index < -0.39 is 0 Å². The van der Waals surface area contributed by atoms with Gasteiger partial charge in [0.1, 0.15) is 5.75 Å². The molecule has 2 nitrogen and oxygen atoms in total. The molecule has 0 aromatic heterocycles. The molecule has 0 aliphatic carbocycles. The molecule has 0 bridgehead atoms. The lowest BCUT2D eigenvalue weighted by atomic mass is 10.1. The summed E-state index contributed by atoms with van der Waals surface area (Å²) in [7, 11) is 0. The minimum Gasteiger partial charge on any atom is -0.426 e. The van der Waals surface area contributed by atoms with Gasteiger partial charge in [0.15, 0.2) is 0 Å². The van der Waals surface area contributed by atoms with Crippen molar-refractivity contribution in [3.05, 3.63) is 35.9 Å². The smallest absolute Gasteiger partial charge is 0.314 e. The Labute approximate surface area is 96.9 Å². The van der Waals surface area contributed by atoms with Gasteiger partial charge in [0, 0.05) is 0 Å². The van der Waals surface area contributed by atoms with Crippen LogP contribution in [0.2, 0.25) is 0 Å². The third-order valence-electron chi connectivity index (χ3n) is 2.47. The maximum atomic E-state index is 11.5. The molecule has 0 aliphatic rings. The van der Waals surface area contributed by atoms with Crippen molar-refractivity contribution in [2.45, 2.75) is 27.2 Å². The molecule has 1 aromatic carbocycles. The van der Waals surface area contributed by atoms with Crippen LogP contribution in [-0.4, -0.2) is 5.97 Å². The highest BCUT2D eigenvalue weighted by Crippen LogP contribution is 2.15. The summed E-state index contributed by atoms with van der Waals surface area (Å²) in [6.07, 6.45) is 4.77. The largest absolute Gasteiger partial charge is 0.426 e. The number of esters is 1. The maximum Gasteiger partial charge on any atom is 0.314 e. The zero-order chi connectivity index (χ0) is 12.0. The Morgan fingerprint density at radius 2 is 2.00 bits per heavy atom. The molecule has 2 heteroatoms. The zero-order valence-corrected chi connectivity index (χ0v) is 10.1. The van der Waals surface area contributed by atoms with Crippen molar-refractivity contribution >= 4 is 12.0 Å². The van der Waals surface area contributed by atoms with Crippen LogP contribution in [0.15, 0.2) is 30.3 Å². The Morgan fingerprint density at radius 3 is 2.50 bits per heavy atom. The lowest BCUT2D eigenvalue weighted by molar-refractivity contribution is -0.138. The number of hydrogen-bond donors (Lipinski definition) is 0. The number of rotatable bonds is 4. The Balaban J connectivity index is 2.65. The quantitative estimate of drug-likeness (QED) is 0.569. The highest BCUT2D eigenvalue weighted by atomic mass is 16.5. The topological polar surface area (TPSA) is 26.3 Å². The van der Waals surface area contributed by atoms with Crippen LogP contribution in [0, 0.1) is 5.92 Å². The average molecular weight is 218 g/mol. The molecule has 0 spiro atoms. The van der Waals surface area contributed by atoms with Gasteiger partial charge in [-0.1, -0.05) is 38.1 Å². The van der Waals surface area contributed by atoms with Gasteiger partial charge in [-0.25, -0.2) is 0 Å². The van der Waals surface area contributed by atoms with E-state index in [1.54, 1.807) is 0 Å². The molecule has 1 aromatic rings. The summed E-state index contributed by atoms with van der Waals surface area (Å²) >= 11 is 0. The zero-order valence-electron chi connectivity index (χ0n) is 10.1. The van der Waals surface area contributed by atoms with E-state index in [2.05, 4.69) is 0 Å². The highest BCUT2D eigenvalue weighted by Gasteiger charge is 2.12. The van der Waals surface area contributed by atoms with Gasteiger partial charge in [0.25, 0.3) is 0 Å². The van der Waals surface area contributed by atoms with Crippen LogP contribution in [0.4, 0.5) is 0 Å². The number of carbonyl (C=O) groups excluding carboxylic acids is 1. The summed E-state index contributed by atoms with van der Waals surface area (Å²) in [5.74, 6) is 0.398. The lowest BCUT2D eigenvalue weighted by Gasteiger charge is -2.08. The predicted octanol–water partition coefficient (Wildman–Crippen LogP) is 3.67. The van der Waals surface area contributed by atoms with Crippen molar-refractivity contribution < 1.29 is 9.53 Å². The van der Waals surface area contributed by atoms with Crippen molar-refractivity contribution in [2.24, 2.45) is 5.92 Å². The second-order valence-electron chi connectivity index (χ2n) is 3.80. The molecular formula is C14H18O2. The summed E-state index contributed by atoms with van der Waals surface area (Å²) in [5.41, 5.74) is 1.10. The number of carbonyl (C=O) groups is 1. The minimum absolute atomic E-state index is 0.0461. The van der Waals surface area contributed by atoms with E-state index in [-0.39, 0.29) is 11.9 Å². The van der Waals surface area contributed by atoms with Crippen molar-refractivity contribution in [1.82, 2.24) is 0 Å². The molecule has 86 valence electrons. The first-order chi connectivity index (χ1) is 7.67. The number of ether oxygens (including phenoxy) is 1. The van der Waals surface area contributed by atoms with Gasteiger partial charge < -0.3 is 4.74 Å². The van der Waals surface area contributed by atoms with E-state index in [0.717, 1.165) is 12.0 Å². The Bertz CT molecular complexity index is 363. The first-order valence-electron chi connectivity index (χ1n) is 5.61. The summed E-state index contributed by atoms with van der Waals surface area (Å²) in [6.45, 7) is 5.81. The molecule has 16 heavy (non-hydrogen) atoms. The van der Waals surface area contributed by atoms with Crippen molar-refractivity contribution in [2.75, 3.05) is 0 Å². The van der Waals surface area contributed by atoms with Gasteiger partial charge in [0.2, 0.25) is 0 Å². The first-order valence-corrected chi connectivity index (χ1v) is 5.61. The standard InChI is InChI=1S/C14H18O2/c1-4-6-12-7-9-13(10-8-12)16-14(15)11(3)5-2/h4,6-11H,5H2,1-3H3/t11-/m1/s1. The van der Waals surface area contributed by atoms with E-state index in [4.69, 9.17) is 4.74 Å². The van der Waals surface area contributed by atoms with Crippen molar-refractivity contribution in [3.63, 3.8) is 0 Å². The Hall–Kier alpha value is -1.57. The maximum absolute atomic E-state index is 11.5. The normalized spacial score (nSPS) is 12.7. The average Bonchev–Trinajstić information content (AvgIpc) is 2.31. The predicted molar refractivity (Wildman–Crippen MR) is 66.2 cm³/mol. The lowest BCUT2D eigenvalue weighted by Crippen LogP contribution is -2.16. The van der Waals surface area contributed by atoms with Gasteiger partial charge in [-0.05, 0) is 31.0 Å². The molecule has 0 amide bonds. The molecule has 0 radical (unpaired) electrons. The second-order valence-corrected chi connectivity index (χ2v) is 3.80. The molecule has 0 N–H and O–H groups in total. The van der Waals surface area contributed by atoms with E-state index in [1.165, 1.54) is 0 Å². The van der Waals surface area contributed by atoms with Gasteiger partial charge in [0.05, 0.1) is 5.92 Å². The second kappa shape index (κ2) is 6.11. The fourth-order valence-electron chi connectivity index (χ4n) is 1.22. The fourth-order valence-corrected chi connectivity index (χ4v) is 1.22.